The minimum Gasteiger partial charge on any atom is -0.465 e. The summed E-state index contributed by atoms with van der Waals surface area (Å²) in [6, 6.07) is 3.92. The lowest BCUT2D eigenvalue weighted by Crippen LogP contribution is -2.03. The molecule has 0 spiro atoms. The maximum absolute atomic E-state index is 11.5. The van der Waals surface area contributed by atoms with E-state index in [9.17, 15) is 4.79 Å². The zero-order valence-corrected chi connectivity index (χ0v) is 11.9. The van der Waals surface area contributed by atoms with Crippen molar-refractivity contribution in [3.8, 4) is 0 Å². The van der Waals surface area contributed by atoms with Crippen LogP contribution in [0, 0.1) is 13.8 Å². The molecule has 1 N–H and O–H groups in total. The van der Waals surface area contributed by atoms with Gasteiger partial charge in [-0.2, -0.15) is 0 Å². The molecule has 0 unspecified atom stereocenters. The zero-order valence-electron chi connectivity index (χ0n) is 11.1. The molecule has 2 heterocycles. The molecule has 0 atom stereocenters. The minimum atomic E-state index is -0.350. The second-order valence-electron chi connectivity index (χ2n) is 4.05. The maximum atomic E-state index is 11.5. The summed E-state index contributed by atoms with van der Waals surface area (Å²) in [5, 5.41) is 3.88. The first kappa shape index (κ1) is 13.5. The van der Waals surface area contributed by atoms with Crippen molar-refractivity contribution in [1.29, 1.82) is 0 Å². The summed E-state index contributed by atoms with van der Waals surface area (Å²) in [7, 11) is 1.37. The van der Waals surface area contributed by atoms with Crippen LogP contribution in [0.3, 0.4) is 0 Å². The van der Waals surface area contributed by atoms with Crippen LogP contribution in [0.25, 0.3) is 0 Å². The third-order valence-corrected chi connectivity index (χ3v) is 3.79. The third kappa shape index (κ3) is 3.08. The molecule has 5 nitrogen and oxygen atoms in total. The summed E-state index contributed by atoms with van der Waals surface area (Å²) in [5.41, 5.74) is 2.77. The number of hydrogen-bond acceptors (Lipinski definition) is 6. The SMILES string of the molecule is COC(=O)c1sc(NCc2ncccc2C)nc1C. The molecule has 0 fully saturated rings. The second-order valence-corrected chi connectivity index (χ2v) is 5.04. The van der Waals surface area contributed by atoms with Gasteiger partial charge in [0.2, 0.25) is 0 Å². The number of rotatable bonds is 4. The number of hydrogen-bond donors (Lipinski definition) is 1. The molecule has 2 aromatic heterocycles. The van der Waals surface area contributed by atoms with E-state index in [0.29, 0.717) is 22.2 Å². The van der Waals surface area contributed by atoms with Crippen LogP contribution in [0.2, 0.25) is 0 Å². The van der Waals surface area contributed by atoms with E-state index in [2.05, 4.69) is 15.3 Å². The number of pyridine rings is 1. The van der Waals surface area contributed by atoms with Crippen LogP contribution < -0.4 is 5.32 Å². The van der Waals surface area contributed by atoms with Crippen LogP contribution in [0.4, 0.5) is 5.13 Å². The fourth-order valence-electron chi connectivity index (χ4n) is 1.62. The van der Waals surface area contributed by atoms with Crippen molar-refractivity contribution in [3.63, 3.8) is 0 Å². The number of anilines is 1. The van der Waals surface area contributed by atoms with Crippen molar-refractivity contribution in [1.82, 2.24) is 9.97 Å². The zero-order chi connectivity index (χ0) is 13.8. The predicted molar refractivity (Wildman–Crippen MR) is 74.5 cm³/mol. The number of esters is 1. The van der Waals surface area contributed by atoms with Crippen LogP contribution in [-0.4, -0.2) is 23.0 Å². The Morgan fingerprint density at radius 3 is 2.95 bits per heavy atom. The first-order valence-electron chi connectivity index (χ1n) is 5.82. The van der Waals surface area contributed by atoms with Crippen LogP contribution in [0.15, 0.2) is 18.3 Å². The smallest absolute Gasteiger partial charge is 0.350 e. The molecule has 0 radical (unpaired) electrons. The number of nitrogens with one attached hydrogen (secondary N) is 1. The van der Waals surface area contributed by atoms with Crippen molar-refractivity contribution in [2.45, 2.75) is 20.4 Å². The molecule has 0 saturated heterocycles. The Labute approximate surface area is 115 Å². The van der Waals surface area contributed by atoms with Crippen molar-refractivity contribution in [2.24, 2.45) is 0 Å². The summed E-state index contributed by atoms with van der Waals surface area (Å²) < 4.78 is 4.70. The van der Waals surface area contributed by atoms with E-state index in [4.69, 9.17) is 4.74 Å². The Morgan fingerprint density at radius 1 is 1.47 bits per heavy atom. The highest BCUT2D eigenvalue weighted by Crippen LogP contribution is 2.23. The summed E-state index contributed by atoms with van der Waals surface area (Å²) in [6.07, 6.45) is 1.76. The van der Waals surface area contributed by atoms with Crippen molar-refractivity contribution < 1.29 is 9.53 Å². The predicted octanol–water partition coefficient (Wildman–Crippen LogP) is 2.55. The summed E-state index contributed by atoms with van der Waals surface area (Å²) in [5.74, 6) is -0.350. The van der Waals surface area contributed by atoms with Gasteiger partial charge in [-0.05, 0) is 25.5 Å². The van der Waals surface area contributed by atoms with E-state index in [1.807, 2.05) is 19.1 Å². The number of carbonyl (C=O) groups excluding carboxylic acids is 1. The van der Waals surface area contributed by atoms with Gasteiger partial charge >= 0.3 is 5.97 Å². The Kier molecular flexibility index (Phi) is 4.11. The van der Waals surface area contributed by atoms with Gasteiger partial charge in [0.1, 0.15) is 4.88 Å². The molecule has 6 heteroatoms. The van der Waals surface area contributed by atoms with Crippen LogP contribution in [-0.2, 0) is 11.3 Å². The van der Waals surface area contributed by atoms with Crippen molar-refractivity contribution in [3.05, 3.63) is 40.2 Å². The lowest BCUT2D eigenvalue weighted by atomic mass is 10.2. The largest absolute Gasteiger partial charge is 0.465 e. The van der Waals surface area contributed by atoms with Gasteiger partial charge in [0, 0.05) is 6.20 Å². The highest BCUT2D eigenvalue weighted by Gasteiger charge is 2.15. The molecule has 2 aromatic rings. The highest BCUT2D eigenvalue weighted by molar-refractivity contribution is 7.17. The quantitative estimate of drug-likeness (QED) is 0.870. The third-order valence-electron chi connectivity index (χ3n) is 2.69. The number of nitrogens with zero attached hydrogens (tertiary/aromatic N) is 2. The van der Waals surface area contributed by atoms with Crippen molar-refractivity contribution in [2.75, 3.05) is 12.4 Å². The molecule has 2 rings (SSSR count). The molecular weight excluding hydrogens is 262 g/mol. The Morgan fingerprint density at radius 2 is 2.26 bits per heavy atom. The molecule has 19 heavy (non-hydrogen) atoms. The van der Waals surface area contributed by atoms with Crippen molar-refractivity contribution >= 4 is 22.4 Å². The van der Waals surface area contributed by atoms with Gasteiger partial charge < -0.3 is 10.1 Å². The number of thiazole rings is 1. The maximum Gasteiger partial charge on any atom is 0.350 e. The van der Waals surface area contributed by atoms with Gasteiger partial charge in [0.05, 0.1) is 25.0 Å². The highest BCUT2D eigenvalue weighted by atomic mass is 32.1. The second kappa shape index (κ2) is 5.79. The topological polar surface area (TPSA) is 64.1 Å². The Bertz CT molecular complexity index is 595. The van der Waals surface area contributed by atoms with E-state index < -0.39 is 0 Å². The number of aryl methyl sites for hydroxylation is 2. The lowest BCUT2D eigenvalue weighted by molar-refractivity contribution is 0.0605. The molecule has 0 bridgehead atoms. The molecule has 0 aromatic carbocycles. The van der Waals surface area contributed by atoms with Crippen LogP contribution in [0.1, 0.15) is 26.6 Å². The molecule has 100 valence electrons. The first-order valence-corrected chi connectivity index (χ1v) is 6.63. The molecule has 0 saturated carbocycles. The molecular formula is C13H15N3O2S. The van der Waals surface area contributed by atoms with E-state index in [1.54, 1.807) is 13.1 Å². The fraction of sp³-hybridized carbons (Fsp3) is 0.308. The van der Waals surface area contributed by atoms with E-state index in [0.717, 1.165) is 11.3 Å². The molecule has 0 aliphatic heterocycles. The summed E-state index contributed by atoms with van der Waals surface area (Å²) >= 11 is 1.29. The first-order chi connectivity index (χ1) is 9.11. The van der Waals surface area contributed by atoms with E-state index >= 15 is 0 Å². The average Bonchev–Trinajstić information content (AvgIpc) is 2.78. The number of ether oxygens (including phenoxy) is 1. The Balaban J connectivity index is 2.09. The summed E-state index contributed by atoms with van der Waals surface area (Å²) in [6.45, 7) is 4.39. The normalized spacial score (nSPS) is 10.3. The van der Waals surface area contributed by atoms with Gasteiger partial charge in [-0.25, -0.2) is 9.78 Å². The lowest BCUT2D eigenvalue weighted by Gasteiger charge is -2.04. The molecule has 0 amide bonds. The number of carbonyl (C=O) groups is 1. The molecule has 0 aliphatic carbocycles. The van der Waals surface area contributed by atoms with Gasteiger partial charge in [0.25, 0.3) is 0 Å². The van der Waals surface area contributed by atoms with E-state index in [-0.39, 0.29) is 5.97 Å². The summed E-state index contributed by atoms with van der Waals surface area (Å²) in [4.78, 5) is 20.6. The van der Waals surface area contributed by atoms with Gasteiger partial charge in [-0.3, -0.25) is 4.98 Å². The minimum absolute atomic E-state index is 0.350. The fourth-order valence-corrected chi connectivity index (χ4v) is 2.50. The van der Waals surface area contributed by atoms with Crippen LogP contribution in [0.5, 0.6) is 0 Å². The standard InChI is InChI=1S/C13H15N3O2S/c1-8-5-4-6-14-10(8)7-15-13-16-9(2)11(19-13)12(17)18-3/h4-6H,7H2,1-3H3,(H,15,16). The average molecular weight is 277 g/mol. The Hall–Kier alpha value is -1.95. The van der Waals surface area contributed by atoms with Gasteiger partial charge in [-0.15, -0.1) is 0 Å². The van der Waals surface area contributed by atoms with Gasteiger partial charge in [-0.1, -0.05) is 17.4 Å². The van der Waals surface area contributed by atoms with Crippen LogP contribution >= 0.6 is 11.3 Å². The number of aromatic nitrogens is 2. The monoisotopic (exact) mass is 277 g/mol. The molecule has 0 aliphatic rings. The number of methoxy groups -OCH3 is 1. The van der Waals surface area contributed by atoms with E-state index in [1.165, 1.54) is 18.4 Å². The van der Waals surface area contributed by atoms with Gasteiger partial charge in [0.15, 0.2) is 5.13 Å².